The molecule has 0 aliphatic heterocycles. The van der Waals surface area contributed by atoms with Crippen molar-refractivity contribution >= 4 is 49.0 Å². The predicted molar refractivity (Wildman–Crippen MR) is 59.3 cm³/mol. The highest BCUT2D eigenvalue weighted by Gasteiger charge is 2.03. The first-order valence-electron chi connectivity index (χ1n) is 3.52. The van der Waals surface area contributed by atoms with Gasteiger partial charge in [-0.15, -0.1) is 11.3 Å². The number of hydrogen-bond acceptors (Lipinski definition) is 1. The second-order valence-corrected chi connectivity index (χ2v) is 5.24. The van der Waals surface area contributed by atoms with Gasteiger partial charge in [0.15, 0.2) is 0 Å². The van der Waals surface area contributed by atoms with Crippen molar-refractivity contribution in [2.24, 2.45) is 0 Å². The van der Waals surface area contributed by atoms with E-state index in [1.807, 2.05) is 12.1 Å². The zero-order valence-electron chi connectivity index (χ0n) is 6.40. The molecule has 1 heterocycles. The number of rotatable bonds is 0. The van der Waals surface area contributed by atoms with Crippen LogP contribution in [0.5, 0.6) is 0 Å². The van der Waals surface area contributed by atoms with Gasteiger partial charge in [0.25, 0.3) is 0 Å². The molecule has 3 heteroatoms. The zero-order valence-corrected chi connectivity index (χ0v) is 9.55. The van der Waals surface area contributed by atoms with E-state index in [4.69, 9.17) is 11.6 Å². The highest BCUT2D eigenvalue weighted by molar-refractivity contribution is 9.10. The minimum atomic E-state index is 0.788. The van der Waals surface area contributed by atoms with Gasteiger partial charge in [-0.1, -0.05) is 27.5 Å². The van der Waals surface area contributed by atoms with Crippen LogP contribution < -0.4 is 0 Å². The van der Waals surface area contributed by atoms with Crippen LogP contribution in [-0.4, -0.2) is 0 Å². The Morgan fingerprint density at radius 1 is 1.33 bits per heavy atom. The van der Waals surface area contributed by atoms with Gasteiger partial charge in [-0.2, -0.15) is 0 Å². The molecule has 0 nitrogen and oxygen atoms in total. The van der Waals surface area contributed by atoms with Gasteiger partial charge in [-0.3, -0.25) is 0 Å². The minimum Gasteiger partial charge on any atom is -0.141 e. The van der Waals surface area contributed by atoms with Gasteiger partial charge in [0.2, 0.25) is 0 Å². The monoisotopic (exact) mass is 260 g/mol. The van der Waals surface area contributed by atoms with E-state index in [0.29, 0.717) is 0 Å². The average molecular weight is 262 g/mol. The minimum absolute atomic E-state index is 0.788. The van der Waals surface area contributed by atoms with Crippen LogP contribution in [0.2, 0.25) is 5.02 Å². The van der Waals surface area contributed by atoms with Gasteiger partial charge in [0.1, 0.15) is 0 Å². The van der Waals surface area contributed by atoms with Crippen molar-refractivity contribution in [2.45, 2.75) is 6.92 Å². The topological polar surface area (TPSA) is 0 Å². The Kier molecular flexibility index (Phi) is 2.15. The first-order valence-corrected chi connectivity index (χ1v) is 5.51. The maximum atomic E-state index is 5.91. The largest absolute Gasteiger partial charge is 0.141 e. The van der Waals surface area contributed by atoms with Gasteiger partial charge in [-0.25, -0.2) is 0 Å². The quantitative estimate of drug-likeness (QED) is 0.649. The number of aryl methyl sites for hydroxylation is 1. The molecule has 0 N–H and O–H groups in total. The summed E-state index contributed by atoms with van der Waals surface area (Å²) in [6.07, 6.45) is 0. The lowest BCUT2D eigenvalue weighted by Gasteiger charge is -1.94. The van der Waals surface area contributed by atoms with Crippen LogP contribution >= 0.6 is 38.9 Å². The summed E-state index contributed by atoms with van der Waals surface area (Å²) in [6, 6.07) is 6.09. The number of benzene rings is 1. The van der Waals surface area contributed by atoms with E-state index in [9.17, 15) is 0 Å². The van der Waals surface area contributed by atoms with Crippen molar-refractivity contribution in [2.75, 3.05) is 0 Å². The molecule has 0 atom stereocenters. The molecule has 62 valence electrons. The molecule has 0 fully saturated rings. The van der Waals surface area contributed by atoms with Crippen molar-refractivity contribution in [3.63, 3.8) is 0 Å². The highest BCUT2D eigenvalue weighted by atomic mass is 79.9. The molecule has 0 saturated heterocycles. The third-order valence-electron chi connectivity index (χ3n) is 1.67. The van der Waals surface area contributed by atoms with Crippen molar-refractivity contribution < 1.29 is 0 Å². The summed E-state index contributed by atoms with van der Waals surface area (Å²) in [4.78, 5) is 1.31. The summed E-state index contributed by atoms with van der Waals surface area (Å²) in [5, 5.41) is 2.04. The molecule has 2 aromatic rings. The number of fused-ring (bicyclic) bond motifs is 1. The number of halogens is 2. The third kappa shape index (κ3) is 1.39. The molecular formula is C9H6BrClS. The lowest BCUT2D eigenvalue weighted by atomic mass is 10.2. The van der Waals surface area contributed by atoms with E-state index in [2.05, 4.69) is 28.9 Å². The molecule has 0 saturated carbocycles. The van der Waals surface area contributed by atoms with Crippen LogP contribution in [0.1, 0.15) is 4.88 Å². The van der Waals surface area contributed by atoms with Crippen molar-refractivity contribution in [3.05, 3.63) is 32.6 Å². The summed E-state index contributed by atoms with van der Waals surface area (Å²) in [6.45, 7) is 2.10. The van der Waals surface area contributed by atoms with Crippen LogP contribution in [0.3, 0.4) is 0 Å². The molecule has 0 spiro atoms. The molecule has 0 aliphatic rings. The lowest BCUT2D eigenvalue weighted by molar-refractivity contribution is 1.65. The van der Waals surface area contributed by atoms with Gasteiger partial charge in [-0.05, 0) is 25.1 Å². The fourth-order valence-electron chi connectivity index (χ4n) is 1.19. The molecular weight excluding hydrogens is 256 g/mol. The molecule has 1 aromatic heterocycles. The van der Waals surface area contributed by atoms with E-state index in [-0.39, 0.29) is 0 Å². The fourth-order valence-corrected chi connectivity index (χ4v) is 3.30. The molecule has 12 heavy (non-hydrogen) atoms. The highest BCUT2D eigenvalue weighted by Crippen LogP contribution is 2.33. The summed E-state index contributed by atoms with van der Waals surface area (Å²) >= 11 is 11.2. The van der Waals surface area contributed by atoms with Gasteiger partial charge in [0.05, 0.1) is 0 Å². The SMILES string of the molecule is Cc1cc2c(Br)cc(Cl)cc2s1. The maximum Gasteiger partial charge on any atom is 0.0431 e. The second kappa shape index (κ2) is 3.02. The van der Waals surface area contributed by atoms with Crippen LogP contribution in [0.15, 0.2) is 22.7 Å². The van der Waals surface area contributed by atoms with Gasteiger partial charge in [0, 0.05) is 24.5 Å². The molecule has 0 unspecified atom stereocenters. The Morgan fingerprint density at radius 3 is 2.83 bits per heavy atom. The Balaban J connectivity index is 2.88. The van der Waals surface area contributed by atoms with E-state index in [1.54, 1.807) is 11.3 Å². The smallest absolute Gasteiger partial charge is 0.0431 e. The van der Waals surface area contributed by atoms with E-state index in [1.165, 1.54) is 15.0 Å². The molecule has 0 aliphatic carbocycles. The van der Waals surface area contributed by atoms with Crippen molar-refractivity contribution in [3.8, 4) is 0 Å². The second-order valence-electron chi connectivity index (χ2n) is 2.66. The summed E-state index contributed by atoms with van der Waals surface area (Å²) in [5.41, 5.74) is 0. The Bertz CT molecular complexity index is 433. The maximum absolute atomic E-state index is 5.91. The Morgan fingerprint density at radius 2 is 2.08 bits per heavy atom. The molecule has 0 amide bonds. The van der Waals surface area contributed by atoms with E-state index >= 15 is 0 Å². The fraction of sp³-hybridized carbons (Fsp3) is 0.111. The number of thiophene rings is 1. The summed E-state index contributed by atoms with van der Waals surface area (Å²) in [5.74, 6) is 0. The normalized spacial score (nSPS) is 10.9. The molecule has 0 bridgehead atoms. The molecule has 0 radical (unpaired) electrons. The summed E-state index contributed by atoms with van der Waals surface area (Å²) in [7, 11) is 0. The predicted octanol–water partition coefficient (Wildman–Crippen LogP) is 4.63. The molecule has 2 rings (SSSR count). The average Bonchev–Trinajstić information content (AvgIpc) is 2.29. The van der Waals surface area contributed by atoms with E-state index < -0.39 is 0 Å². The first-order chi connectivity index (χ1) is 5.66. The lowest BCUT2D eigenvalue weighted by Crippen LogP contribution is -1.67. The zero-order chi connectivity index (χ0) is 8.72. The van der Waals surface area contributed by atoms with Crippen LogP contribution in [0.25, 0.3) is 10.1 Å². The van der Waals surface area contributed by atoms with Crippen molar-refractivity contribution in [1.29, 1.82) is 0 Å². The number of hydrogen-bond donors (Lipinski definition) is 0. The van der Waals surface area contributed by atoms with Crippen molar-refractivity contribution in [1.82, 2.24) is 0 Å². The Labute approximate surface area is 88.3 Å². The standard InChI is InChI=1S/C9H6BrClS/c1-5-2-7-8(10)3-6(11)4-9(7)12-5/h2-4H,1H3. The van der Waals surface area contributed by atoms with E-state index in [0.717, 1.165) is 9.50 Å². The van der Waals surface area contributed by atoms with Crippen LogP contribution in [0, 0.1) is 6.92 Å². The molecule has 1 aromatic carbocycles. The Hall–Kier alpha value is -0.0500. The van der Waals surface area contributed by atoms with Gasteiger partial charge < -0.3 is 0 Å². The van der Waals surface area contributed by atoms with Crippen LogP contribution in [-0.2, 0) is 0 Å². The van der Waals surface area contributed by atoms with Crippen LogP contribution in [0.4, 0.5) is 0 Å². The van der Waals surface area contributed by atoms with Gasteiger partial charge >= 0.3 is 0 Å². The summed E-state index contributed by atoms with van der Waals surface area (Å²) < 4.78 is 2.32. The first kappa shape index (κ1) is 8.54. The third-order valence-corrected chi connectivity index (χ3v) is 3.55.